The summed E-state index contributed by atoms with van der Waals surface area (Å²) < 4.78 is 5.93. The Morgan fingerprint density at radius 3 is 2.38 bits per heavy atom. The van der Waals surface area contributed by atoms with Gasteiger partial charge in [-0.3, -0.25) is 0 Å². The molecule has 94 valence electrons. The molecule has 1 atom stereocenters. The molecule has 0 bridgehead atoms. The third kappa shape index (κ3) is 6.84. The van der Waals surface area contributed by atoms with Gasteiger partial charge < -0.3 is 4.74 Å². The van der Waals surface area contributed by atoms with Crippen molar-refractivity contribution in [2.24, 2.45) is 0 Å². The molecular weight excluding hydrogens is 196 g/mol. The van der Waals surface area contributed by atoms with E-state index in [9.17, 15) is 0 Å². The van der Waals surface area contributed by atoms with Crippen LogP contribution in [-0.2, 0) is 4.74 Å². The average Bonchev–Trinajstić information content (AvgIpc) is 2.26. The van der Waals surface area contributed by atoms with Gasteiger partial charge in [0, 0.05) is 0 Å². The molecule has 0 aliphatic rings. The van der Waals surface area contributed by atoms with Crippen molar-refractivity contribution in [3.63, 3.8) is 0 Å². The smallest absolute Gasteiger partial charge is 0.0678 e. The predicted molar refractivity (Wildman–Crippen MR) is 72.7 cm³/mol. The van der Waals surface area contributed by atoms with Crippen LogP contribution in [0.3, 0.4) is 0 Å². The van der Waals surface area contributed by atoms with Crippen molar-refractivity contribution in [3.05, 3.63) is 23.8 Å². The minimum absolute atomic E-state index is 0.00344. The lowest BCUT2D eigenvalue weighted by molar-refractivity contribution is -0.0278. The van der Waals surface area contributed by atoms with E-state index in [1.165, 1.54) is 5.57 Å². The fourth-order valence-corrected chi connectivity index (χ4v) is 1.42. The zero-order chi connectivity index (χ0) is 12.6. The predicted octanol–water partition coefficient (Wildman–Crippen LogP) is 4.88. The van der Waals surface area contributed by atoms with Crippen LogP contribution in [0.4, 0.5) is 0 Å². The third-order valence-electron chi connectivity index (χ3n) is 3.14. The Hall–Kier alpha value is -0.560. The summed E-state index contributed by atoms with van der Waals surface area (Å²) in [6, 6.07) is 0. The van der Waals surface area contributed by atoms with Crippen LogP contribution in [0.15, 0.2) is 23.8 Å². The Balaban J connectivity index is 4.10. The van der Waals surface area contributed by atoms with Crippen LogP contribution in [0.1, 0.15) is 60.3 Å². The normalized spacial score (nSPS) is 15.9. The first kappa shape index (κ1) is 15.4. The molecule has 0 heterocycles. The zero-order valence-electron chi connectivity index (χ0n) is 11.7. The van der Waals surface area contributed by atoms with Gasteiger partial charge in [0.2, 0.25) is 0 Å². The van der Waals surface area contributed by atoms with Gasteiger partial charge in [-0.1, -0.05) is 37.6 Å². The summed E-state index contributed by atoms with van der Waals surface area (Å²) in [6.07, 6.45) is 6.74. The summed E-state index contributed by atoms with van der Waals surface area (Å²) in [5.41, 5.74) is 2.57. The Kier molecular flexibility index (Phi) is 7.40. The van der Waals surface area contributed by atoms with Crippen LogP contribution in [0.25, 0.3) is 0 Å². The molecule has 1 nitrogen and oxygen atoms in total. The lowest BCUT2D eigenvalue weighted by Crippen LogP contribution is -2.28. The number of hydrogen-bond acceptors (Lipinski definition) is 1. The first-order chi connectivity index (χ1) is 7.43. The molecule has 0 N–H and O–H groups in total. The SMILES string of the molecule is C=C(C)COC(C)(CC)CC/C=C(\C)CC. The van der Waals surface area contributed by atoms with Gasteiger partial charge in [-0.05, 0) is 46.5 Å². The second-order valence-electron chi connectivity index (χ2n) is 4.99. The molecule has 0 radical (unpaired) electrons. The largest absolute Gasteiger partial charge is 0.371 e. The van der Waals surface area contributed by atoms with Crippen molar-refractivity contribution in [1.82, 2.24) is 0 Å². The maximum atomic E-state index is 5.93. The van der Waals surface area contributed by atoms with E-state index in [0.29, 0.717) is 6.61 Å². The number of hydrogen-bond donors (Lipinski definition) is 0. The van der Waals surface area contributed by atoms with Crippen LogP contribution >= 0.6 is 0 Å². The van der Waals surface area contributed by atoms with E-state index in [4.69, 9.17) is 4.74 Å². The van der Waals surface area contributed by atoms with Gasteiger partial charge >= 0.3 is 0 Å². The van der Waals surface area contributed by atoms with Crippen LogP contribution < -0.4 is 0 Å². The minimum atomic E-state index is 0.00344. The number of ether oxygens (including phenoxy) is 1. The van der Waals surface area contributed by atoms with Crippen molar-refractivity contribution >= 4 is 0 Å². The van der Waals surface area contributed by atoms with Crippen LogP contribution in [0, 0.1) is 0 Å². The highest BCUT2D eigenvalue weighted by atomic mass is 16.5. The Morgan fingerprint density at radius 1 is 1.31 bits per heavy atom. The highest BCUT2D eigenvalue weighted by Gasteiger charge is 2.21. The van der Waals surface area contributed by atoms with Crippen molar-refractivity contribution in [2.75, 3.05) is 6.61 Å². The summed E-state index contributed by atoms with van der Waals surface area (Å²) in [4.78, 5) is 0. The van der Waals surface area contributed by atoms with Gasteiger partial charge in [-0.15, -0.1) is 0 Å². The van der Waals surface area contributed by atoms with Gasteiger partial charge in [0.1, 0.15) is 0 Å². The van der Waals surface area contributed by atoms with Crippen LogP contribution in [-0.4, -0.2) is 12.2 Å². The average molecular weight is 224 g/mol. The molecule has 0 aromatic heterocycles. The standard InChI is InChI=1S/C15H28O/c1-7-14(5)10-9-11-15(6,8-2)16-12-13(3)4/h10H,3,7-9,11-12H2,1-2,4-6H3/b14-10+. The highest BCUT2D eigenvalue weighted by molar-refractivity contribution is 4.97. The van der Waals surface area contributed by atoms with Gasteiger partial charge in [-0.25, -0.2) is 0 Å². The molecule has 0 aromatic rings. The second kappa shape index (κ2) is 7.67. The molecule has 1 unspecified atom stereocenters. The molecular formula is C15H28O. The van der Waals surface area contributed by atoms with Crippen LogP contribution in [0.5, 0.6) is 0 Å². The molecule has 0 amide bonds. The summed E-state index contributed by atoms with van der Waals surface area (Å²) in [5.74, 6) is 0. The van der Waals surface area contributed by atoms with E-state index in [0.717, 1.165) is 31.3 Å². The quantitative estimate of drug-likeness (QED) is 0.534. The van der Waals surface area contributed by atoms with Crippen molar-refractivity contribution in [2.45, 2.75) is 65.9 Å². The monoisotopic (exact) mass is 224 g/mol. The number of allylic oxidation sites excluding steroid dienone is 2. The highest BCUT2D eigenvalue weighted by Crippen LogP contribution is 2.23. The van der Waals surface area contributed by atoms with Crippen LogP contribution in [0.2, 0.25) is 0 Å². The summed E-state index contributed by atoms with van der Waals surface area (Å²) in [7, 11) is 0. The number of rotatable bonds is 8. The van der Waals surface area contributed by atoms with E-state index in [-0.39, 0.29) is 5.60 Å². The lowest BCUT2D eigenvalue weighted by atomic mass is 9.96. The molecule has 0 saturated heterocycles. The molecule has 0 spiro atoms. The first-order valence-corrected chi connectivity index (χ1v) is 6.37. The molecule has 0 fully saturated rings. The van der Waals surface area contributed by atoms with Crippen molar-refractivity contribution in [1.29, 1.82) is 0 Å². The molecule has 16 heavy (non-hydrogen) atoms. The van der Waals surface area contributed by atoms with Gasteiger partial charge in [0.05, 0.1) is 12.2 Å². The minimum Gasteiger partial charge on any atom is -0.371 e. The van der Waals surface area contributed by atoms with E-state index >= 15 is 0 Å². The lowest BCUT2D eigenvalue weighted by Gasteiger charge is -2.28. The van der Waals surface area contributed by atoms with Crippen molar-refractivity contribution in [3.8, 4) is 0 Å². The zero-order valence-corrected chi connectivity index (χ0v) is 11.7. The van der Waals surface area contributed by atoms with Gasteiger partial charge in [0.25, 0.3) is 0 Å². The Bertz CT molecular complexity index is 240. The van der Waals surface area contributed by atoms with Gasteiger partial charge in [-0.2, -0.15) is 0 Å². The third-order valence-corrected chi connectivity index (χ3v) is 3.14. The second-order valence-corrected chi connectivity index (χ2v) is 4.99. The fourth-order valence-electron chi connectivity index (χ4n) is 1.42. The first-order valence-electron chi connectivity index (χ1n) is 6.37. The maximum absolute atomic E-state index is 5.93. The van der Waals surface area contributed by atoms with Crippen molar-refractivity contribution < 1.29 is 4.74 Å². The molecule has 0 aliphatic carbocycles. The topological polar surface area (TPSA) is 9.23 Å². The maximum Gasteiger partial charge on any atom is 0.0678 e. The Labute approximate surface area is 102 Å². The van der Waals surface area contributed by atoms with E-state index in [1.807, 2.05) is 6.92 Å². The summed E-state index contributed by atoms with van der Waals surface area (Å²) >= 11 is 0. The van der Waals surface area contributed by atoms with Gasteiger partial charge in [0.15, 0.2) is 0 Å². The van der Waals surface area contributed by atoms with E-state index in [2.05, 4.69) is 40.3 Å². The molecule has 0 aliphatic heterocycles. The summed E-state index contributed by atoms with van der Waals surface area (Å²) in [6.45, 7) is 15.3. The van der Waals surface area contributed by atoms with E-state index < -0.39 is 0 Å². The molecule has 1 heteroatoms. The summed E-state index contributed by atoms with van der Waals surface area (Å²) in [5, 5.41) is 0. The Morgan fingerprint density at radius 2 is 1.94 bits per heavy atom. The molecule has 0 saturated carbocycles. The molecule has 0 rings (SSSR count). The molecule has 0 aromatic carbocycles. The fraction of sp³-hybridized carbons (Fsp3) is 0.733. The van der Waals surface area contributed by atoms with E-state index in [1.54, 1.807) is 0 Å².